The van der Waals surface area contributed by atoms with E-state index in [0.717, 1.165) is 59.7 Å². The molecule has 3 aromatic rings. The molecule has 8 heteroatoms. The number of benzene rings is 1. The molecule has 3 rings (SSSR count). The Balaban J connectivity index is 0.000000626. The van der Waals surface area contributed by atoms with Crippen LogP contribution in [0.15, 0.2) is 72.4 Å². The lowest BCUT2D eigenvalue weighted by Gasteiger charge is -2.28. The van der Waals surface area contributed by atoms with Crippen molar-refractivity contribution in [3.63, 3.8) is 0 Å². The number of allylic oxidation sites excluding steroid dienone is 1. The number of hydrogen-bond donors (Lipinski definition) is 3. The number of aromatic hydroxyl groups is 1. The monoisotopic (exact) mass is 552 g/mol. The first-order valence-electron chi connectivity index (χ1n) is 13.9. The molecular weight excluding hydrogens is 504 g/mol. The van der Waals surface area contributed by atoms with E-state index in [4.69, 9.17) is 5.11 Å². The maximum Gasteiger partial charge on any atom is 0.303 e. The molecular formula is C32H48N4O4. The van der Waals surface area contributed by atoms with Gasteiger partial charge in [-0.05, 0) is 63.4 Å². The zero-order valence-electron chi connectivity index (χ0n) is 25.5. The standard InChI is InChI=1S/C14H16N4.C13H20O2.C3H6O2.C2H6/c1-10(2)17-11(3)14-12(4)18(9-16-14)13-5-7-15-8-6-13;1-3-9-13(15,10-4-2)11-5-7-12(14)8-6-11;1-2-3(4)5;1-2/h5-9H,1H2,2-4H3;5-8,14-15H,3-4,9-10H2,1-2H3;2H2,1H3,(H,4,5);1-2H3. The van der Waals surface area contributed by atoms with Gasteiger partial charge in [-0.15, -0.1) is 0 Å². The van der Waals surface area contributed by atoms with Gasteiger partial charge >= 0.3 is 5.97 Å². The van der Waals surface area contributed by atoms with Crippen LogP contribution in [0.3, 0.4) is 0 Å². The van der Waals surface area contributed by atoms with Gasteiger partial charge in [-0.2, -0.15) is 0 Å². The summed E-state index contributed by atoms with van der Waals surface area (Å²) in [7, 11) is 0. The summed E-state index contributed by atoms with van der Waals surface area (Å²) in [5, 5.41) is 27.4. The zero-order chi connectivity index (χ0) is 30.7. The molecule has 2 heterocycles. The molecule has 3 N–H and O–H groups in total. The quantitative estimate of drug-likeness (QED) is 0.235. The van der Waals surface area contributed by atoms with Gasteiger partial charge in [0.1, 0.15) is 17.8 Å². The lowest BCUT2D eigenvalue weighted by atomic mass is 9.85. The molecule has 0 aliphatic heterocycles. The number of carboxylic acids is 1. The number of pyridine rings is 1. The van der Waals surface area contributed by atoms with Crippen LogP contribution in [0.5, 0.6) is 5.75 Å². The van der Waals surface area contributed by atoms with Gasteiger partial charge in [0.05, 0.1) is 11.3 Å². The lowest BCUT2D eigenvalue weighted by molar-refractivity contribution is -0.136. The fourth-order valence-corrected chi connectivity index (χ4v) is 3.88. The highest BCUT2D eigenvalue weighted by molar-refractivity contribution is 5.98. The van der Waals surface area contributed by atoms with Gasteiger partial charge in [0.15, 0.2) is 0 Å². The summed E-state index contributed by atoms with van der Waals surface area (Å²) < 4.78 is 2.02. The number of aliphatic hydroxyl groups is 1. The normalized spacial score (nSPS) is 10.7. The smallest absolute Gasteiger partial charge is 0.303 e. The van der Waals surface area contributed by atoms with Crippen molar-refractivity contribution in [3.8, 4) is 11.4 Å². The van der Waals surface area contributed by atoms with E-state index in [9.17, 15) is 15.0 Å². The molecule has 0 saturated carbocycles. The predicted octanol–water partition coefficient (Wildman–Crippen LogP) is 7.61. The molecule has 1 aromatic carbocycles. The SMILES string of the molecule is C=C(C)N=C(C)c1ncn(-c2ccncc2)c1C.CC.CCC(=O)O.CCCC(O)(CCC)c1ccc(O)cc1. The zero-order valence-corrected chi connectivity index (χ0v) is 25.5. The molecule has 40 heavy (non-hydrogen) atoms. The minimum Gasteiger partial charge on any atom is -0.508 e. The number of aliphatic carboxylic acids is 1. The maximum absolute atomic E-state index is 10.5. The number of carbonyl (C=O) groups is 1. The summed E-state index contributed by atoms with van der Waals surface area (Å²) in [6.07, 6.45) is 9.01. The third-order valence-corrected chi connectivity index (χ3v) is 5.68. The predicted molar refractivity (Wildman–Crippen MR) is 164 cm³/mol. The maximum atomic E-state index is 10.5. The van der Waals surface area contributed by atoms with Crippen LogP contribution >= 0.6 is 0 Å². The van der Waals surface area contributed by atoms with Gasteiger partial charge in [-0.3, -0.25) is 14.8 Å². The highest BCUT2D eigenvalue weighted by Crippen LogP contribution is 2.32. The number of hydrogen-bond acceptors (Lipinski definition) is 6. The van der Waals surface area contributed by atoms with Crippen molar-refractivity contribution in [2.75, 3.05) is 0 Å². The summed E-state index contributed by atoms with van der Waals surface area (Å²) in [6, 6.07) is 10.8. The van der Waals surface area contributed by atoms with Crippen LogP contribution in [-0.4, -0.2) is 41.5 Å². The highest BCUT2D eigenvalue weighted by Gasteiger charge is 2.26. The Morgan fingerprint density at radius 3 is 1.93 bits per heavy atom. The molecule has 0 aliphatic rings. The molecule has 0 aliphatic carbocycles. The second-order valence-corrected chi connectivity index (χ2v) is 9.01. The Kier molecular flexibility index (Phi) is 17.5. The summed E-state index contributed by atoms with van der Waals surface area (Å²) >= 11 is 0. The van der Waals surface area contributed by atoms with Crippen LogP contribution in [0.1, 0.15) is 97.5 Å². The molecule has 0 unspecified atom stereocenters. The van der Waals surface area contributed by atoms with Crippen LogP contribution in [0.25, 0.3) is 5.69 Å². The summed E-state index contributed by atoms with van der Waals surface area (Å²) in [5.74, 6) is -0.501. The van der Waals surface area contributed by atoms with Gasteiger partial charge in [0.25, 0.3) is 0 Å². The first-order valence-corrected chi connectivity index (χ1v) is 13.9. The topological polar surface area (TPSA) is 121 Å². The van der Waals surface area contributed by atoms with Crippen LogP contribution in [-0.2, 0) is 10.4 Å². The Hall–Kier alpha value is -3.78. The summed E-state index contributed by atoms with van der Waals surface area (Å²) in [5.41, 5.74) is 4.85. The number of aromatic nitrogens is 3. The Bertz CT molecular complexity index is 1160. The van der Waals surface area contributed by atoms with Gasteiger partial charge in [0.2, 0.25) is 0 Å². The Morgan fingerprint density at radius 2 is 1.50 bits per heavy atom. The van der Waals surface area contributed by atoms with Gasteiger partial charge in [-0.25, -0.2) is 4.98 Å². The van der Waals surface area contributed by atoms with E-state index < -0.39 is 11.6 Å². The lowest BCUT2D eigenvalue weighted by Crippen LogP contribution is -2.25. The Labute approximate surface area is 240 Å². The number of aliphatic imine (C=N–C) groups is 1. The van der Waals surface area contributed by atoms with Crippen LogP contribution < -0.4 is 0 Å². The number of rotatable bonds is 9. The third-order valence-electron chi connectivity index (χ3n) is 5.68. The molecule has 0 radical (unpaired) electrons. The van der Waals surface area contributed by atoms with Crippen molar-refractivity contribution in [2.45, 2.75) is 93.1 Å². The van der Waals surface area contributed by atoms with E-state index in [2.05, 4.69) is 35.4 Å². The van der Waals surface area contributed by atoms with E-state index in [1.165, 1.54) is 0 Å². The van der Waals surface area contributed by atoms with Gasteiger partial charge in [0, 0.05) is 35.9 Å². The van der Waals surface area contributed by atoms with Crippen LogP contribution in [0.4, 0.5) is 0 Å². The first-order chi connectivity index (χ1) is 19.0. The van der Waals surface area contributed by atoms with E-state index in [1.54, 1.807) is 49.9 Å². The summed E-state index contributed by atoms with van der Waals surface area (Å²) in [4.78, 5) is 22.1. The Morgan fingerprint density at radius 1 is 1.00 bits per heavy atom. The first kappa shape index (κ1) is 36.2. The molecule has 0 amide bonds. The van der Waals surface area contributed by atoms with Crippen LogP contribution in [0.2, 0.25) is 0 Å². The molecule has 2 aromatic heterocycles. The van der Waals surface area contributed by atoms with Crippen LogP contribution in [0, 0.1) is 6.92 Å². The average Bonchev–Trinajstić information content (AvgIpc) is 3.32. The van der Waals surface area contributed by atoms with E-state index in [0.29, 0.717) is 0 Å². The number of carboxylic acid groups (broad SMARTS) is 1. The summed E-state index contributed by atoms with van der Waals surface area (Å²) in [6.45, 7) is 19.4. The number of phenols is 1. The molecule has 0 atom stereocenters. The van der Waals surface area contributed by atoms with Crippen molar-refractivity contribution in [3.05, 3.63) is 84.3 Å². The van der Waals surface area contributed by atoms with Gasteiger partial charge in [-0.1, -0.05) is 66.2 Å². The van der Waals surface area contributed by atoms with Crippen molar-refractivity contribution in [1.82, 2.24) is 14.5 Å². The van der Waals surface area contributed by atoms with E-state index >= 15 is 0 Å². The van der Waals surface area contributed by atoms with Crippen molar-refractivity contribution in [2.24, 2.45) is 4.99 Å². The van der Waals surface area contributed by atoms with Crippen molar-refractivity contribution >= 4 is 11.7 Å². The fourth-order valence-electron chi connectivity index (χ4n) is 3.88. The molecule has 220 valence electrons. The molecule has 0 bridgehead atoms. The number of phenolic OH excluding ortho intramolecular Hbond substituents is 1. The molecule has 0 spiro atoms. The minimum absolute atomic E-state index is 0.222. The van der Waals surface area contributed by atoms with E-state index in [-0.39, 0.29) is 12.2 Å². The third kappa shape index (κ3) is 12.4. The molecule has 0 fully saturated rings. The molecule has 0 saturated heterocycles. The minimum atomic E-state index is -0.745. The van der Waals surface area contributed by atoms with Crippen molar-refractivity contribution < 1.29 is 20.1 Å². The average molecular weight is 553 g/mol. The van der Waals surface area contributed by atoms with Gasteiger partial charge < -0.3 is 19.9 Å². The fraction of sp³-hybridized carbons (Fsp3) is 0.438. The number of nitrogens with zero attached hydrogens (tertiary/aromatic N) is 4. The number of imidazole rings is 1. The van der Waals surface area contributed by atoms with Crippen molar-refractivity contribution in [1.29, 1.82) is 0 Å². The highest BCUT2D eigenvalue weighted by atomic mass is 16.4. The largest absolute Gasteiger partial charge is 0.508 e. The second-order valence-electron chi connectivity index (χ2n) is 9.01. The van der Waals surface area contributed by atoms with E-state index in [1.807, 2.05) is 51.3 Å². The second kappa shape index (κ2) is 19.3. The molecule has 8 nitrogen and oxygen atoms in total.